The highest BCUT2D eigenvalue weighted by Gasteiger charge is 2.43. The summed E-state index contributed by atoms with van der Waals surface area (Å²) in [6.07, 6.45) is 3.97. The van der Waals surface area contributed by atoms with E-state index >= 15 is 0 Å². The summed E-state index contributed by atoms with van der Waals surface area (Å²) in [5.41, 5.74) is 1.70. The van der Waals surface area contributed by atoms with Gasteiger partial charge in [0.1, 0.15) is 6.61 Å². The fraction of sp³-hybridized carbons (Fsp3) is 0.316. The van der Waals surface area contributed by atoms with Gasteiger partial charge in [-0.3, -0.25) is 4.79 Å². The quantitative estimate of drug-likeness (QED) is 0.783. The molecule has 0 radical (unpaired) electrons. The van der Waals surface area contributed by atoms with Crippen molar-refractivity contribution in [2.24, 2.45) is 0 Å². The van der Waals surface area contributed by atoms with Gasteiger partial charge in [-0.15, -0.1) is 0 Å². The van der Waals surface area contributed by atoms with Crippen LogP contribution in [0.4, 0.5) is 0 Å². The minimum absolute atomic E-state index is 0.0740. The summed E-state index contributed by atoms with van der Waals surface area (Å²) in [5, 5.41) is 0. The molecular formula is C19H20O2. The largest absolute Gasteiger partial charge is 0.460 e. The smallest absolute Gasteiger partial charge is 0.316 e. The summed E-state index contributed by atoms with van der Waals surface area (Å²) in [6.45, 7) is 0.355. The molecule has 0 saturated heterocycles. The number of hydrogen-bond acceptors (Lipinski definition) is 2. The second kappa shape index (κ2) is 6.13. The van der Waals surface area contributed by atoms with Gasteiger partial charge in [0.05, 0.1) is 5.41 Å². The van der Waals surface area contributed by atoms with E-state index in [1.807, 2.05) is 48.5 Å². The van der Waals surface area contributed by atoms with Gasteiger partial charge in [-0.1, -0.05) is 73.5 Å². The Bertz CT molecular complexity index is 583. The number of ether oxygens (including phenoxy) is 1. The lowest BCUT2D eigenvalue weighted by Crippen LogP contribution is -2.34. The van der Waals surface area contributed by atoms with E-state index in [0.717, 1.165) is 36.8 Å². The van der Waals surface area contributed by atoms with Crippen molar-refractivity contribution >= 4 is 5.97 Å². The van der Waals surface area contributed by atoms with Gasteiger partial charge in [0.2, 0.25) is 0 Å². The van der Waals surface area contributed by atoms with E-state index in [4.69, 9.17) is 4.74 Å². The van der Waals surface area contributed by atoms with Crippen LogP contribution in [0.3, 0.4) is 0 Å². The van der Waals surface area contributed by atoms with Crippen LogP contribution in [0.15, 0.2) is 60.7 Å². The van der Waals surface area contributed by atoms with Crippen molar-refractivity contribution in [2.75, 3.05) is 0 Å². The third kappa shape index (κ3) is 2.85. The number of esters is 1. The van der Waals surface area contributed by atoms with E-state index in [1.54, 1.807) is 0 Å². The summed E-state index contributed by atoms with van der Waals surface area (Å²) in [5.74, 6) is -0.0740. The van der Waals surface area contributed by atoms with E-state index in [1.165, 1.54) is 0 Å². The Morgan fingerprint density at radius 1 is 0.905 bits per heavy atom. The Balaban J connectivity index is 1.77. The highest BCUT2D eigenvalue weighted by Crippen LogP contribution is 2.42. The zero-order chi connectivity index (χ0) is 14.5. The van der Waals surface area contributed by atoms with Crippen molar-refractivity contribution in [3.63, 3.8) is 0 Å². The van der Waals surface area contributed by atoms with Crippen molar-refractivity contribution in [2.45, 2.75) is 37.7 Å². The number of hydrogen-bond donors (Lipinski definition) is 0. The molecule has 2 aromatic rings. The average molecular weight is 280 g/mol. The maximum absolute atomic E-state index is 12.7. The normalized spacial score (nSPS) is 16.6. The molecule has 2 nitrogen and oxygen atoms in total. The molecule has 0 aromatic heterocycles. The van der Waals surface area contributed by atoms with Crippen LogP contribution in [0.5, 0.6) is 0 Å². The molecule has 0 bridgehead atoms. The average Bonchev–Trinajstić information content (AvgIpc) is 3.05. The molecule has 1 aliphatic carbocycles. The minimum Gasteiger partial charge on any atom is -0.460 e. The Labute approximate surface area is 125 Å². The van der Waals surface area contributed by atoms with Crippen LogP contribution in [-0.2, 0) is 21.6 Å². The summed E-state index contributed by atoms with van der Waals surface area (Å²) in [4.78, 5) is 12.7. The molecule has 0 unspecified atom stereocenters. The van der Waals surface area contributed by atoms with Gasteiger partial charge in [-0.05, 0) is 24.0 Å². The molecule has 0 N–H and O–H groups in total. The van der Waals surface area contributed by atoms with Gasteiger partial charge >= 0.3 is 5.97 Å². The van der Waals surface area contributed by atoms with Crippen LogP contribution in [-0.4, -0.2) is 5.97 Å². The topological polar surface area (TPSA) is 26.3 Å². The fourth-order valence-electron chi connectivity index (χ4n) is 3.21. The lowest BCUT2D eigenvalue weighted by Gasteiger charge is -2.27. The summed E-state index contributed by atoms with van der Waals surface area (Å²) in [6, 6.07) is 19.9. The Kier molecular flexibility index (Phi) is 4.05. The molecule has 0 heterocycles. The second-order valence-corrected chi connectivity index (χ2v) is 5.72. The lowest BCUT2D eigenvalue weighted by atomic mass is 9.79. The van der Waals surface area contributed by atoms with Crippen molar-refractivity contribution in [1.82, 2.24) is 0 Å². The molecule has 2 aromatic carbocycles. The minimum atomic E-state index is -0.434. The van der Waals surface area contributed by atoms with Crippen LogP contribution in [0.2, 0.25) is 0 Å². The Hall–Kier alpha value is -2.09. The molecule has 0 aliphatic heterocycles. The number of carbonyl (C=O) groups is 1. The first-order chi connectivity index (χ1) is 10.3. The van der Waals surface area contributed by atoms with Gasteiger partial charge in [-0.25, -0.2) is 0 Å². The third-order valence-electron chi connectivity index (χ3n) is 4.39. The zero-order valence-electron chi connectivity index (χ0n) is 12.1. The van der Waals surface area contributed by atoms with E-state index < -0.39 is 5.41 Å². The van der Waals surface area contributed by atoms with Crippen molar-refractivity contribution in [3.8, 4) is 0 Å². The standard InChI is InChI=1S/C19H20O2/c20-18(21-15-16-9-3-1-4-10-16)19(13-7-8-14-19)17-11-5-2-6-12-17/h1-6,9-12H,7-8,13-15H2. The van der Waals surface area contributed by atoms with E-state index in [9.17, 15) is 4.79 Å². The first-order valence-electron chi connectivity index (χ1n) is 7.58. The predicted molar refractivity (Wildman–Crippen MR) is 82.8 cm³/mol. The summed E-state index contributed by atoms with van der Waals surface area (Å²) >= 11 is 0. The van der Waals surface area contributed by atoms with Crippen molar-refractivity contribution in [3.05, 3.63) is 71.8 Å². The van der Waals surface area contributed by atoms with Crippen LogP contribution >= 0.6 is 0 Å². The molecule has 1 aliphatic rings. The SMILES string of the molecule is O=C(OCc1ccccc1)C1(c2ccccc2)CCCC1. The maximum Gasteiger partial charge on any atom is 0.316 e. The highest BCUT2D eigenvalue weighted by atomic mass is 16.5. The van der Waals surface area contributed by atoms with Gasteiger partial charge in [0, 0.05) is 0 Å². The first-order valence-corrected chi connectivity index (χ1v) is 7.58. The van der Waals surface area contributed by atoms with Crippen molar-refractivity contribution in [1.29, 1.82) is 0 Å². The highest BCUT2D eigenvalue weighted by molar-refractivity contribution is 5.83. The third-order valence-corrected chi connectivity index (χ3v) is 4.39. The molecule has 0 spiro atoms. The van der Waals surface area contributed by atoms with Gasteiger partial charge < -0.3 is 4.74 Å². The summed E-state index contributed by atoms with van der Waals surface area (Å²) < 4.78 is 5.63. The molecule has 0 amide bonds. The van der Waals surface area contributed by atoms with Crippen LogP contribution in [0, 0.1) is 0 Å². The molecule has 1 fully saturated rings. The Morgan fingerprint density at radius 2 is 1.48 bits per heavy atom. The molecule has 3 rings (SSSR count). The molecule has 21 heavy (non-hydrogen) atoms. The first kappa shape index (κ1) is 13.9. The number of carbonyl (C=O) groups excluding carboxylic acids is 1. The van der Waals surface area contributed by atoms with Gasteiger partial charge in [0.25, 0.3) is 0 Å². The van der Waals surface area contributed by atoms with Gasteiger partial charge in [-0.2, -0.15) is 0 Å². The zero-order valence-corrected chi connectivity index (χ0v) is 12.1. The lowest BCUT2D eigenvalue weighted by molar-refractivity contribution is -0.152. The summed E-state index contributed by atoms with van der Waals surface area (Å²) in [7, 11) is 0. The molecule has 1 saturated carbocycles. The predicted octanol–water partition coefficient (Wildman–Crippen LogP) is 4.24. The van der Waals surface area contributed by atoms with Crippen molar-refractivity contribution < 1.29 is 9.53 Å². The number of rotatable bonds is 4. The molecular weight excluding hydrogens is 260 g/mol. The fourth-order valence-corrected chi connectivity index (χ4v) is 3.21. The molecule has 108 valence electrons. The van der Waals surface area contributed by atoms with E-state index in [2.05, 4.69) is 12.1 Å². The van der Waals surface area contributed by atoms with Crippen LogP contribution in [0.1, 0.15) is 36.8 Å². The molecule has 2 heteroatoms. The monoisotopic (exact) mass is 280 g/mol. The van der Waals surface area contributed by atoms with Gasteiger partial charge in [0.15, 0.2) is 0 Å². The van der Waals surface area contributed by atoms with Crippen LogP contribution in [0.25, 0.3) is 0 Å². The van der Waals surface area contributed by atoms with E-state index in [0.29, 0.717) is 6.61 Å². The Morgan fingerprint density at radius 3 is 2.10 bits per heavy atom. The molecule has 0 atom stereocenters. The number of benzene rings is 2. The second-order valence-electron chi connectivity index (χ2n) is 5.72. The van der Waals surface area contributed by atoms with E-state index in [-0.39, 0.29) is 5.97 Å². The van der Waals surface area contributed by atoms with Crippen LogP contribution < -0.4 is 0 Å². The maximum atomic E-state index is 12.7.